The summed E-state index contributed by atoms with van der Waals surface area (Å²) in [5.41, 5.74) is -0.188. The number of carbonyl (C=O) groups is 2. The van der Waals surface area contributed by atoms with Crippen LogP contribution in [0.3, 0.4) is 0 Å². The number of methoxy groups -OCH3 is 1. The summed E-state index contributed by atoms with van der Waals surface area (Å²) in [6.07, 6.45) is -0.906. The first-order chi connectivity index (χ1) is 9.45. The van der Waals surface area contributed by atoms with E-state index in [1.807, 2.05) is 0 Å². The molecule has 1 unspecified atom stereocenters. The smallest absolute Gasteiger partial charge is 0.335 e. The number of ether oxygens (including phenoxy) is 2. The number of halogens is 1. The van der Waals surface area contributed by atoms with Crippen LogP contribution in [0.4, 0.5) is 4.39 Å². The molecule has 1 rings (SSSR count). The van der Waals surface area contributed by atoms with Crippen molar-refractivity contribution in [1.29, 1.82) is 0 Å². The van der Waals surface area contributed by atoms with Crippen molar-refractivity contribution in [3.05, 3.63) is 29.6 Å². The van der Waals surface area contributed by atoms with Gasteiger partial charge in [-0.15, -0.1) is 0 Å². The summed E-state index contributed by atoms with van der Waals surface area (Å²) in [4.78, 5) is 22.3. The van der Waals surface area contributed by atoms with E-state index in [0.717, 1.165) is 6.07 Å². The van der Waals surface area contributed by atoms with E-state index in [-0.39, 0.29) is 11.3 Å². The molecule has 1 aromatic rings. The first kappa shape index (κ1) is 15.9. The Bertz CT molecular complexity index is 492. The molecule has 0 aliphatic rings. The van der Waals surface area contributed by atoms with Gasteiger partial charge < -0.3 is 19.9 Å². The third-order valence-corrected chi connectivity index (χ3v) is 2.46. The predicted octanol–water partition coefficient (Wildman–Crippen LogP) is 1.05. The van der Waals surface area contributed by atoms with Crippen LogP contribution in [0.1, 0.15) is 17.3 Å². The van der Waals surface area contributed by atoms with Gasteiger partial charge in [0.15, 0.2) is 17.7 Å². The lowest BCUT2D eigenvalue weighted by Crippen LogP contribution is -2.38. The molecule has 0 radical (unpaired) electrons. The third kappa shape index (κ3) is 4.51. The fourth-order valence-electron chi connectivity index (χ4n) is 1.39. The lowest BCUT2D eigenvalue weighted by Gasteiger charge is -2.15. The molecule has 0 aliphatic carbocycles. The molecule has 1 aromatic carbocycles. The Balaban J connectivity index is 2.63. The first-order valence-corrected chi connectivity index (χ1v) is 5.92. The van der Waals surface area contributed by atoms with E-state index in [1.165, 1.54) is 26.2 Å². The van der Waals surface area contributed by atoms with Crippen molar-refractivity contribution in [3.8, 4) is 5.75 Å². The van der Waals surface area contributed by atoms with Gasteiger partial charge in [-0.05, 0) is 25.1 Å². The van der Waals surface area contributed by atoms with Gasteiger partial charge in [0, 0.05) is 13.7 Å². The van der Waals surface area contributed by atoms with Gasteiger partial charge in [0.2, 0.25) is 0 Å². The van der Waals surface area contributed by atoms with E-state index in [1.54, 1.807) is 0 Å². The van der Waals surface area contributed by atoms with E-state index >= 15 is 0 Å². The van der Waals surface area contributed by atoms with Gasteiger partial charge >= 0.3 is 5.97 Å². The Morgan fingerprint density at radius 1 is 1.45 bits per heavy atom. The average molecular weight is 285 g/mol. The van der Waals surface area contributed by atoms with Crippen molar-refractivity contribution in [2.24, 2.45) is 0 Å². The van der Waals surface area contributed by atoms with Gasteiger partial charge in [0.05, 0.1) is 12.2 Å². The Morgan fingerprint density at radius 2 is 2.15 bits per heavy atom. The second-order valence-corrected chi connectivity index (χ2v) is 3.99. The quantitative estimate of drug-likeness (QED) is 0.732. The third-order valence-electron chi connectivity index (χ3n) is 2.46. The van der Waals surface area contributed by atoms with E-state index < -0.39 is 23.8 Å². The number of carboxylic acid groups (broad SMARTS) is 1. The molecule has 0 bridgehead atoms. The number of rotatable bonds is 7. The highest BCUT2D eigenvalue weighted by Crippen LogP contribution is 2.19. The molecule has 0 spiro atoms. The standard InChI is InChI=1S/C13H16FNO5/c1-8(12(16)15-5-6-19-2)20-11-4-3-9(13(17)18)7-10(11)14/h3-4,7-8H,5-6H2,1-2H3,(H,15,16)(H,17,18). The normalized spacial score (nSPS) is 11.8. The van der Waals surface area contributed by atoms with Crippen molar-refractivity contribution >= 4 is 11.9 Å². The summed E-state index contributed by atoms with van der Waals surface area (Å²) in [7, 11) is 1.51. The van der Waals surface area contributed by atoms with E-state index in [0.29, 0.717) is 13.2 Å². The van der Waals surface area contributed by atoms with Crippen LogP contribution in [0.2, 0.25) is 0 Å². The molecule has 0 heterocycles. The van der Waals surface area contributed by atoms with Crippen molar-refractivity contribution in [3.63, 3.8) is 0 Å². The molecule has 0 aromatic heterocycles. The highest BCUT2D eigenvalue weighted by molar-refractivity contribution is 5.87. The van der Waals surface area contributed by atoms with Gasteiger partial charge in [0.1, 0.15) is 0 Å². The highest BCUT2D eigenvalue weighted by Gasteiger charge is 2.17. The number of carboxylic acids is 1. The van der Waals surface area contributed by atoms with Crippen LogP contribution < -0.4 is 10.1 Å². The van der Waals surface area contributed by atoms with Crippen molar-refractivity contribution < 1.29 is 28.6 Å². The maximum atomic E-state index is 13.6. The average Bonchev–Trinajstić information content (AvgIpc) is 2.40. The van der Waals surface area contributed by atoms with Gasteiger partial charge in [-0.3, -0.25) is 4.79 Å². The monoisotopic (exact) mass is 285 g/mol. The van der Waals surface area contributed by atoms with Crippen LogP contribution in [-0.2, 0) is 9.53 Å². The largest absolute Gasteiger partial charge is 0.478 e. The Hall–Kier alpha value is -2.15. The van der Waals surface area contributed by atoms with Gasteiger partial charge in [-0.2, -0.15) is 0 Å². The SMILES string of the molecule is COCCNC(=O)C(C)Oc1ccc(C(=O)O)cc1F. The molecule has 0 saturated carbocycles. The van der Waals surface area contributed by atoms with Gasteiger partial charge in [-0.25, -0.2) is 9.18 Å². The number of nitrogens with one attached hydrogen (secondary N) is 1. The molecular formula is C13H16FNO5. The molecule has 7 heteroatoms. The van der Waals surface area contributed by atoms with Crippen LogP contribution in [-0.4, -0.2) is 43.3 Å². The zero-order chi connectivity index (χ0) is 15.1. The molecule has 20 heavy (non-hydrogen) atoms. The zero-order valence-electron chi connectivity index (χ0n) is 11.2. The molecule has 0 saturated heterocycles. The number of amides is 1. The van der Waals surface area contributed by atoms with Crippen LogP contribution >= 0.6 is 0 Å². The van der Waals surface area contributed by atoms with Crippen molar-refractivity contribution in [2.45, 2.75) is 13.0 Å². The molecule has 110 valence electrons. The molecule has 1 atom stereocenters. The molecule has 6 nitrogen and oxygen atoms in total. The second kappa shape index (κ2) is 7.44. The summed E-state index contributed by atoms with van der Waals surface area (Å²) in [6.45, 7) is 2.15. The number of hydrogen-bond acceptors (Lipinski definition) is 4. The Morgan fingerprint density at radius 3 is 2.70 bits per heavy atom. The molecule has 2 N–H and O–H groups in total. The van der Waals surface area contributed by atoms with Crippen LogP contribution in [0.15, 0.2) is 18.2 Å². The van der Waals surface area contributed by atoms with Gasteiger partial charge in [0.25, 0.3) is 5.91 Å². The fourth-order valence-corrected chi connectivity index (χ4v) is 1.39. The Kier molecular flexibility index (Phi) is 5.92. The van der Waals surface area contributed by atoms with Gasteiger partial charge in [-0.1, -0.05) is 0 Å². The lowest BCUT2D eigenvalue weighted by atomic mass is 10.2. The topological polar surface area (TPSA) is 84.9 Å². The van der Waals surface area contributed by atoms with Crippen molar-refractivity contribution in [2.75, 3.05) is 20.3 Å². The molecule has 0 fully saturated rings. The summed E-state index contributed by atoms with van der Waals surface area (Å²) in [5.74, 6) is -2.66. The maximum Gasteiger partial charge on any atom is 0.335 e. The Labute approximate surface area is 115 Å². The van der Waals surface area contributed by atoms with Crippen LogP contribution in [0.5, 0.6) is 5.75 Å². The number of carbonyl (C=O) groups excluding carboxylic acids is 1. The minimum absolute atomic E-state index is 0.176. The van der Waals surface area contributed by atoms with E-state index in [4.69, 9.17) is 14.6 Å². The first-order valence-electron chi connectivity index (χ1n) is 5.92. The highest BCUT2D eigenvalue weighted by atomic mass is 19.1. The summed E-state index contributed by atoms with van der Waals surface area (Å²) in [5, 5.41) is 11.3. The van der Waals surface area contributed by atoms with Crippen molar-refractivity contribution in [1.82, 2.24) is 5.32 Å². The maximum absolute atomic E-state index is 13.6. The number of benzene rings is 1. The minimum Gasteiger partial charge on any atom is -0.478 e. The summed E-state index contributed by atoms with van der Waals surface area (Å²) in [6, 6.07) is 3.22. The summed E-state index contributed by atoms with van der Waals surface area (Å²) >= 11 is 0. The molecule has 1 amide bonds. The minimum atomic E-state index is -1.24. The number of aromatic carboxylic acids is 1. The zero-order valence-corrected chi connectivity index (χ0v) is 11.2. The second-order valence-electron chi connectivity index (χ2n) is 3.99. The fraction of sp³-hybridized carbons (Fsp3) is 0.385. The molecule has 0 aliphatic heterocycles. The van der Waals surface area contributed by atoms with Crippen LogP contribution in [0, 0.1) is 5.82 Å². The van der Waals surface area contributed by atoms with E-state index in [2.05, 4.69) is 5.32 Å². The van der Waals surface area contributed by atoms with Crippen LogP contribution in [0.25, 0.3) is 0 Å². The van der Waals surface area contributed by atoms with E-state index in [9.17, 15) is 14.0 Å². The number of hydrogen-bond donors (Lipinski definition) is 2. The molecular weight excluding hydrogens is 269 g/mol. The summed E-state index contributed by atoms with van der Waals surface area (Å²) < 4.78 is 23.5. The predicted molar refractivity (Wildman–Crippen MR) is 68.3 cm³/mol. The lowest BCUT2D eigenvalue weighted by molar-refractivity contribution is -0.127.